The van der Waals surface area contributed by atoms with E-state index in [4.69, 9.17) is 0 Å². The predicted molar refractivity (Wildman–Crippen MR) is 80.4 cm³/mol. The highest BCUT2D eigenvalue weighted by atomic mass is 127. The van der Waals surface area contributed by atoms with E-state index in [1.54, 1.807) is 6.07 Å². The Hall–Kier alpha value is -0.750. The van der Waals surface area contributed by atoms with Crippen LogP contribution in [0.1, 0.15) is 26.3 Å². The number of halogens is 1. The van der Waals surface area contributed by atoms with Crippen molar-refractivity contribution >= 4 is 10.9 Å². The summed E-state index contributed by atoms with van der Waals surface area (Å²) in [6.07, 6.45) is 3.14. The van der Waals surface area contributed by atoms with E-state index in [9.17, 15) is 5.11 Å². The first-order valence-corrected chi connectivity index (χ1v) is 7.28. The van der Waals surface area contributed by atoms with Crippen LogP contribution in [0.25, 0.3) is 10.9 Å². The van der Waals surface area contributed by atoms with Gasteiger partial charge in [0.1, 0.15) is 5.75 Å². The van der Waals surface area contributed by atoms with E-state index < -0.39 is 0 Å². The Morgan fingerprint density at radius 1 is 1.10 bits per heavy atom. The molecular formula is C16H25IN2O. The number of nitrogens with zero attached hydrogens (tertiary/aromatic N) is 1. The number of phenolic OH excluding ortho intramolecular Hbond substituents is 1. The highest BCUT2D eigenvalue weighted by Gasteiger charge is 2.20. The summed E-state index contributed by atoms with van der Waals surface area (Å²) in [5, 5.41) is 10.8. The van der Waals surface area contributed by atoms with Gasteiger partial charge < -0.3 is 38.6 Å². The predicted octanol–water partition coefficient (Wildman–Crippen LogP) is 0.297. The molecular weight excluding hydrogens is 363 g/mol. The number of aromatic amines is 1. The lowest BCUT2D eigenvalue weighted by atomic mass is 10.1. The summed E-state index contributed by atoms with van der Waals surface area (Å²) in [5.74, 6) is 0.343. The Balaban J connectivity index is 0.00000200. The minimum Gasteiger partial charge on any atom is -1.00 e. The molecule has 0 unspecified atom stereocenters. The second-order valence-corrected chi connectivity index (χ2v) is 5.31. The van der Waals surface area contributed by atoms with E-state index >= 15 is 0 Å². The first-order chi connectivity index (χ1) is 9.14. The van der Waals surface area contributed by atoms with Gasteiger partial charge in [-0.2, -0.15) is 0 Å². The smallest absolute Gasteiger partial charge is 0.116 e. The summed E-state index contributed by atoms with van der Waals surface area (Å²) >= 11 is 0. The molecule has 2 N–H and O–H groups in total. The van der Waals surface area contributed by atoms with Crippen LogP contribution in [0.3, 0.4) is 0 Å². The number of rotatable bonds is 6. The third-order valence-electron chi connectivity index (χ3n) is 4.62. The number of phenols is 1. The van der Waals surface area contributed by atoms with E-state index in [2.05, 4.69) is 32.0 Å². The summed E-state index contributed by atoms with van der Waals surface area (Å²) in [5.41, 5.74) is 2.42. The van der Waals surface area contributed by atoms with Crippen LogP contribution in [0.15, 0.2) is 24.4 Å². The maximum absolute atomic E-state index is 9.62. The fraction of sp³-hybridized carbons (Fsp3) is 0.500. The minimum absolute atomic E-state index is 0. The largest absolute Gasteiger partial charge is 1.00 e. The van der Waals surface area contributed by atoms with Crippen molar-refractivity contribution in [1.29, 1.82) is 0 Å². The van der Waals surface area contributed by atoms with Gasteiger partial charge in [-0.15, -0.1) is 0 Å². The zero-order chi connectivity index (χ0) is 13.9. The van der Waals surface area contributed by atoms with E-state index in [1.807, 2.05) is 12.1 Å². The Labute approximate surface area is 138 Å². The van der Waals surface area contributed by atoms with Gasteiger partial charge in [0.2, 0.25) is 0 Å². The molecule has 1 heterocycles. The molecule has 20 heavy (non-hydrogen) atoms. The van der Waals surface area contributed by atoms with Gasteiger partial charge in [-0.05, 0) is 44.5 Å². The molecule has 0 aliphatic heterocycles. The van der Waals surface area contributed by atoms with Crippen molar-refractivity contribution in [2.45, 2.75) is 27.2 Å². The van der Waals surface area contributed by atoms with Crippen molar-refractivity contribution in [2.75, 3.05) is 26.2 Å². The lowest BCUT2D eigenvalue weighted by Crippen LogP contribution is -3.00. The zero-order valence-corrected chi connectivity index (χ0v) is 14.8. The number of benzene rings is 1. The second kappa shape index (κ2) is 7.31. The van der Waals surface area contributed by atoms with Crippen molar-refractivity contribution in [3.8, 4) is 5.75 Å². The van der Waals surface area contributed by atoms with Crippen molar-refractivity contribution in [1.82, 2.24) is 4.98 Å². The molecule has 3 nitrogen and oxygen atoms in total. The monoisotopic (exact) mass is 388 g/mol. The number of aromatic hydroxyl groups is 1. The molecule has 0 aliphatic rings. The standard InChI is InChI=1S/C16H24N2O.HI/c1-4-18(5-2,6-3)10-9-13-12-17-16-8-7-14(19)11-15(13)16;/h7-8,11-12,17H,4-6,9-10H2,1-3H3;1H. The van der Waals surface area contributed by atoms with Gasteiger partial charge in [-0.25, -0.2) is 0 Å². The summed E-state index contributed by atoms with van der Waals surface area (Å²) in [4.78, 5) is 3.29. The van der Waals surface area contributed by atoms with Crippen LogP contribution < -0.4 is 24.0 Å². The van der Waals surface area contributed by atoms with Gasteiger partial charge in [0.25, 0.3) is 0 Å². The van der Waals surface area contributed by atoms with Gasteiger partial charge in [-0.3, -0.25) is 0 Å². The fourth-order valence-corrected chi connectivity index (χ4v) is 2.88. The molecule has 0 fully saturated rings. The molecule has 112 valence electrons. The lowest BCUT2D eigenvalue weighted by molar-refractivity contribution is -0.923. The third-order valence-corrected chi connectivity index (χ3v) is 4.62. The van der Waals surface area contributed by atoms with Crippen LogP contribution in [-0.2, 0) is 6.42 Å². The normalized spacial score (nSPS) is 11.6. The third kappa shape index (κ3) is 3.47. The Kier molecular flexibility index (Phi) is 6.33. The molecule has 0 saturated heterocycles. The summed E-state index contributed by atoms with van der Waals surface area (Å²) < 4.78 is 1.16. The molecule has 0 bridgehead atoms. The molecule has 2 rings (SSSR count). The number of quaternary nitrogens is 1. The summed E-state index contributed by atoms with van der Waals surface area (Å²) in [6, 6.07) is 5.53. The SMILES string of the molecule is CC[N+](CC)(CC)CCc1c[nH]c2ccc(O)cc12.[I-]. The number of aromatic nitrogens is 1. The molecule has 0 amide bonds. The van der Waals surface area contributed by atoms with E-state index in [0.29, 0.717) is 5.75 Å². The van der Waals surface area contributed by atoms with Gasteiger partial charge in [0.05, 0.1) is 26.2 Å². The van der Waals surface area contributed by atoms with Gasteiger partial charge in [0.15, 0.2) is 0 Å². The van der Waals surface area contributed by atoms with Gasteiger partial charge >= 0.3 is 0 Å². The molecule has 0 atom stereocenters. The Morgan fingerprint density at radius 3 is 2.35 bits per heavy atom. The molecule has 1 aromatic heterocycles. The highest BCUT2D eigenvalue weighted by molar-refractivity contribution is 5.84. The van der Waals surface area contributed by atoms with Crippen LogP contribution >= 0.6 is 0 Å². The molecule has 1 aromatic carbocycles. The topological polar surface area (TPSA) is 36.0 Å². The lowest BCUT2D eigenvalue weighted by Gasteiger charge is -2.35. The quantitative estimate of drug-likeness (QED) is 0.542. The fourth-order valence-electron chi connectivity index (χ4n) is 2.88. The number of nitrogens with one attached hydrogen (secondary N) is 1. The minimum atomic E-state index is 0. The average molecular weight is 388 g/mol. The average Bonchev–Trinajstić information content (AvgIpc) is 2.83. The van der Waals surface area contributed by atoms with Crippen molar-refractivity contribution < 1.29 is 33.6 Å². The van der Waals surface area contributed by atoms with Crippen LogP contribution in [0.2, 0.25) is 0 Å². The molecule has 0 radical (unpaired) electrons. The molecule has 4 heteroatoms. The van der Waals surface area contributed by atoms with E-state index in [1.165, 1.54) is 25.2 Å². The molecule has 0 saturated carbocycles. The maximum atomic E-state index is 9.62. The number of hydrogen-bond donors (Lipinski definition) is 2. The van der Waals surface area contributed by atoms with Crippen LogP contribution in [0.5, 0.6) is 5.75 Å². The second-order valence-electron chi connectivity index (χ2n) is 5.31. The Bertz CT molecular complexity index is 538. The zero-order valence-electron chi connectivity index (χ0n) is 12.6. The van der Waals surface area contributed by atoms with Crippen molar-refractivity contribution in [3.05, 3.63) is 30.0 Å². The van der Waals surface area contributed by atoms with Crippen LogP contribution in [0.4, 0.5) is 0 Å². The number of H-pyrrole nitrogens is 1. The number of fused-ring (bicyclic) bond motifs is 1. The summed E-state index contributed by atoms with van der Waals surface area (Å²) in [6.45, 7) is 11.5. The Morgan fingerprint density at radius 2 is 1.75 bits per heavy atom. The van der Waals surface area contributed by atoms with Crippen molar-refractivity contribution in [3.63, 3.8) is 0 Å². The van der Waals surface area contributed by atoms with E-state index in [0.717, 1.165) is 28.4 Å². The molecule has 0 aliphatic carbocycles. The van der Waals surface area contributed by atoms with E-state index in [-0.39, 0.29) is 24.0 Å². The van der Waals surface area contributed by atoms with Crippen LogP contribution in [0, 0.1) is 0 Å². The van der Waals surface area contributed by atoms with Gasteiger partial charge in [-0.1, -0.05) is 0 Å². The first-order valence-electron chi connectivity index (χ1n) is 7.28. The van der Waals surface area contributed by atoms with Crippen molar-refractivity contribution in [2.24, 2.45) is 0 Å². The maximum Gasteiger partial charge on any atom is 0.116 e. The highest BCUT2D eigenvalue weighted by Crippen LogP contribution is 2.24. The van der Waals surface area contributed by atoms with Gasteiger partial charge in [0, 0.05) is 23.5 Å². The van der Waals surface area contributed by atoms with Crippen LogP contribution in [-0.4, -0.2) is 40.8 Å². The number of hydrogen-bond acceptors (Lipinski definition) is 1. The molecule has 0 spiro atoms. The molecule has 2 aromatic rings. The first kappa shape index (κ1) is 17.3. The summed E-state index contributed by atoms with van der Waals surface area (Å²) in [7, 11) is 0. The number of likely N-dealkylation sites (N-methyl/N-ethyl adjacent to an activating group) is 1.